The molecule has 0 aromatic heterocycles. The van der Waals surface area contributed by atoms with Crippen molar-refractivity contribution >= 4 is 5.97 Å². The fraction of sp³-hybridized carbons (Fsp3) is 0.880. The van der Waals surface area contributed by atoms with E-state index in [-0.39, 0.29) is 17.5 Å². The van der Waals surface area contributed by atoms with Crippen molar-refractivity contribution in [3.8, 4) is 0 Å². The van der Waals surface area contributed by atoms with Crippen molar-refractivity contribution in [2.24, 2.45) is 46.3 Å². The van der Waals surface area contributed by atoms with E-state index in [1.165, 1.54) is 45.6 Å². The number of ether oxygens (including phenoxy) is 1. The van der Waals surface area contributed by atoms with Gasteiger partial charge in [-0.05, 0) is 97.7 Å². The van der Waals surface area contributed by atoms with Gasteiger partial charge in [0.25, 0.3) is 0 Å². The average Bonchev–Trinajstić information content (AvgIpc) is 3.05. The first-order valence-corrected chi connectivity index (χ1v) is 11.7. The molecule has 9 atom stereocenters. The molecule has 0 unspecified atom stereocenters. The van der Waals surface area contributed by atoms with E-state index in [1.54, 1.807) is 0 Å². The Bertz CT molecular complexity index is 627. The van der Waals surface area contributed by atoms with E-state index in [4.69, 9.17) is 4.74 Å². The predicted octanol–water partition coefficient (Wildman–Crippen LogP) is 5.37. The summed E-state index contributed by atoms with van der Waals surface area (Å²) in [6, 6.07) is 0. The zero-order valence-electron chi connectivity index (χ0n) is 18.3. The number of carbonyl (C=O) groups excluding carboxylic acids is 1. The minimum atomic E-state index is -0.201. The Balaban J connectivity index is 1.55. The normalized spacial score (nSPS) is 48.3. The summed E-state index contributed by atoms with van der Waals surface area (Å²) in [7, 11) is 1.47. The van der Waals surface area contributed by atoms with E-state index in [0.29, 0.717) is 35.5 Å². The molecule has 0 bridgehead atoms. The quantitative estimate of drug-likeness (QED) is 0.520. The van der Waals surface area contributed by atoms with E-state index in [9.17, 15) is 9.90 Å². The smallest absolute Gasteiger partial charge is 0.305 e. The second kappa shape index (κ2) is 7.45. The van der Waals surface area contributed by atoms with Gasteiger partial charge in [-0.2, -0.15) is 0 Å². The van der Waals surface area contributed by atoms with Crippen LogP contribution in [0.15, 0.2) is 12.2 Å². The zero-order chi connectivity index (χ0) is 20.1. The van der Waals surface area contributed by atoms with Gasteiger partial charge < -0.3 is 9.84 Å². The van der Waals surface area contributed by atoms with Gasteiger partial charge in [0.2, 0.25) is 0 Å². The Morgan fingerprint density at radius 1 is 1.21 bits per heavy atom. The fourth-order valence-electron chi connectivity index (χ4n) is 8.40. The van der Waals surface area contributed by atoms with Crippen LogP contribution in [0, 0.1) is 46.3 Å². The van der Waals surface area contributed by atoms with Crippen molar-refractivity contribution in [2.45, 2.75) is 84.7 Å². The molecule has 4 rings (SSSR count). The number of aliphatic hydroxyl groups is 1. The maximum atomic E-state index is 11.6. The Labute approximate surface area is 171 Å². The third-order valence-electron chi connectivity index (χ3n) is 10.1. The van der Waals surface area contributed by atoms with Gasteiger partial charge >= 0.3 is 5.97 Å². The molecule has 0 heterocycles. The van der Waals surface area contributed by atoms with Gasteiger partial charge in [0, 0.05) is 6.42 Å². The van der Waals surface area contributed by atoms with Crippen LogP contribution in [0.4, 0.5) is 0 Å². The van der Waals surface area contributed by atoms with Crippen molar-refractivity contribution in [1.82, 2.24) is 0 Å². The molecule has 4 aliphatic carbocycles. The van der Waals surface area contributed by atoms with Crippen molar-refractivity contribution in [3.05, 3.63) is 12.2 Å². The van der Waals surface area contributed by atoms with E-state index < -0.39 is 0 Å². The van der Waals surface area contributed by atoms with Crippen molar-refractivity contribution < 1.29 is 14.6 Å². The van der Waals surface area contributed by atoms with Crippen LogP contribution in [0.1, 0.15) is 78.6 Å². The number of fused-ring (bicyclic) bond motifs is 5. The van der Waals surface area contributed by atoms with Crippen LogP contribution in [0.2, 0.25) is 0 Å². The van der Waals surface area contributed by atoms with Gasteiger partial charge in [0.05, 0.1) is 13.2 Å². The van der Waals surface area contributed by atoms with Crippen LogP contribution < -0.4 is 0 Å². The summed E-state index contributed by atoms with van der Waals surface area (Å²) in [6.07, 6.45) is 14.7. The monoisotopic (exact) mass is 388 g/mol. The first-order valence-electron chi connectivity index (χ1n) is 11.7. The lowest BCUT2D eigenvalue weighted by Crippen LogP contribution is -2.57. The van der Waals surface area contributed by atoms with Crippen LogP contribution in [0.5, 0.6) is 0 Å². The third-order valence-corrected chi connectivity index (χ3v) is 10.1. The van der Waals surface area contributed by atoms with Crippen molar-refractivity contribution in [1.29, 1.82) is 0 Å². The number of aliphatic hydroxyl groups excluding tert-OH is 1. The van der Waals surface area contributed by atoms with E-state index >= 15 is 0 Å². The molecule has 0 spiro atoms. The molecule has 0 aliphatic heterocycles. The van der Waals surface area contributed by atoms with Crippen LogP contribution >= 0.6 is 0 Å². The molecule has 0 aromatic carbocycles. The summed E-state index contributed by atoms with van der Waals surface area (Å²) >= 11 is 0. The van der Waals surface area contributed by atoms with Crippen LogP contribution in [-0.2, 0) is 9.53 Å². The lowest BCUT2D eigenvalue weighted by atomic mass is 9.44. The number of hydrogen-bond acceptors (Lipinski definition) is 3. The summed E-state index contributed by atoms with van der Waals surface area (Å²) in [5.41, 5.74) is 0.402. The van der Waals surface area contributed by atoms with Crippen LogP contribution in [0.3, 0.4) is 0 Å². The maximum Gasteiger partial charge on any atom is 0.305 e. The Hall–Kier alpha value is -0.830. The van der Waals surface area contributed by atoms with Crippen LogP contribution in [0.25, 0.3) is 0 Å². The van der Waals surface area contributed by atoms with Gasteiger partial charge in [0.15, 0.2) is 0 Å². The maximum absolute atomic E-state index is 11.6. The highest BCUT2D eigenvalue weighted by Crippen LogP contribution is 2.67. The molecule has 4 aliphatic rings. The number of methoxy groups -OCH3 is 1. The molecule has 3 saturated carbocycles. The minimum absolute atomic E-state index is 0.0183. The fourth-order valence-corrected chi connectivity index (χ4v) is 8.40. The van der Waals surface area contributed by atoms with Gasteiger partial charge in [0.1, 0.15) is 0 Å². The molecule has 3 heteroatoms. The molecule has 0 aromatic rings. The summed E-state index contributed by atoms with van der Waals surface area (Å²) in [6.45, 7) is 7.21. The standard InChI is InChI=1S/C25H40O3/c1-16(8-13-23(27)28-4)19-11-12-20-18-10-9-17-7-5-6-14-24(17,2)21(18)15-22(26)25(19,20)3/h5,7,16-22,26H,6,8-15H2,1-4H3/t16-,17+,18+,19-,20+,21+,22+,24-,25+/m0/s1. The lowest BCUT2D eigenvalue weighted by Gasteiger charge is -2.61. The Kier molecular flexibility index (Phi) is 5.44. The molecule has 158 valence electrons. The minimum Gasteiger partial charge on any atom is -0.469 e. The molecule has 0 radical (unpaired) electrons. The van der Waals surface area contributed by atoms with Gasteiger partial charge in [-0.25, -0.2) is 0 Å². The Morgan fingerprint density at radius 3 is 2.75 bits per heavy atom. The number of allylic oxidation sites excluding steroid dienone is 2. The number of esters is 1. The van der Waals surface area contributed by atoms with Gasteiger partial charge in [-0.3, -0.25) is 4.79 Å². The summed E-state index contributed by atoms with van der Waals surface area (Å²) in [5, 5.41) is 11.5. The highest BCUT2D eigenvalue weighted by atomic mass is 16.5. The topological polar surface area (TPSA) is 46.5 Å². The summed E-state index contributed by atoms with van der Waals surface area (Å²) in [4.78, 5) is 11.6. The molecular weight excluding hydrogens is 348 g/mol. The molecule has 3 fully saturated rings. The highest BCUT2D eigenvalue weighted by molar-refractivity contribution is 5.69. The first kappa shape index (κ1) is 20.4. The van der Waals surface area contributed by atoms with Crippen LogP contribution in [-0.4, -0.2) is 24.3 Å². The average molecular weight is 389 g/mol. The van der Waals surface area contributed by atoms with E-state index in [1.807, 2.05) is 0 Å². The Morgan fingerprint density at radius 2 is 2.00 bits per heavy atom. The van der Waals surface area contributed by atoms with E-state index in [0.717, 1.165) is 24.7 Å². The molecule has 3 nitrogen and oxygen atoms in total. The summed E-state index contributed by atoms with van der Waals surface area (Å²) in [5.74, 6) is 3.70. The van der Waals surface area contributed by atoms with Gasteiger partial charge in [-0.15, -0.1) is 0 Å². The molecular formula is C25H40O3. The first-order chi connectivity index (χ1) is 13.3. The highest BCUT2D eigenvalue weighted by Gasteiger charge is 2.63. The number of carbonyl (C=O) groups is 1. The molecule has 1 N–H and O–H groups in total. The van der Waals surface area contributed by atoms with E-state index in [2.05, 4.69) is 32.9 Å². The molecule has 0 amide bonds. The number of rotatable bonds is 4. The SMILES string of the molecule is COC(=O)CC[C@H](C)[C@@H]1CC[C@@H]2[C@H]3CC[C@H]4C=CCC[C@]4(C)[C@@H]3C[C@@H](O)[C@@]21C. The second-order valence-corrected chi connectivity index (χ2v) is 10.9. The largest absolute Gasteiger partial charge is 0.469 e. The molecule has 28 heavy (non-hydrogen) atoms. The van der Waals surface area contributed by atoms with Crippen molar-refractivity contribution in [3.63, 3.8) is 0 Å². The second-order valence-electron chi connectivity index (χ2n) is 10.9. The zero-order valence-corrected chi connectivity index (χ0v) is 18.3. The third kappa shape index (κ3) is 2.99. The predicted molar refractivity (Wildman–Crippen MR) is 112 cm³/mol. The summed E-state index contributed by atoms with van der Waals surface area (Å²) < 4.78 is 4.85. The molecule has 0 saturated heterocycles. The van der Waals surface area contributed by atoms with Crippen molar-refractivity contribution in [2.75, 3.05) is 7.11 Å². The van der Waals surface area contributed by atoms with Gasteiger partial charge in [-0.1, -0.05) is 32.9 Å². The number of hydrogen-bond donors (Lipinski definition) is 1. The lowest BCUT2D eigenvalue weighted by molar-refractivity contribution is -0.159.